The zero-order valence-electron chi connectivity index (χ0n) is 19.1. The highest BCUT2D eigenvalue weighted by Gasteiger charge is 2.64. The Hall–Kier alpha value is -3.66. The van der Waals surface area contributed by atoms with Crippen molar-refractivity contribution >= 4 is 62.6 Å². The van der Waals surface area contributed by atoms with E-state index >= 15 is 0 Å². The number of nitrogens with one attached hydrogen (secondary N) is 1. The van der Waals surface area contributed by atoms with E-state index in [4.69, 9.17) is 9.97 Å². The lowest BCUT2D eigenvalue weighted by molar-refractivity contribution is -0.161. The molecular weight excluding hydrogens is 466 g/mol. The first-order valence-corrected chi connectivity index (χ1v) is 12.3. The van der Waals surface area contributed by atoms with Gasteiger partial charge in [-0.2, -0.15) is 0 Å². The van der Waals surface area contributed by atoms with Gasteiger partial charge < -0.3 is 19.9 Å². The molecule has 2 aliphatic heterocycles. The molecule has 2 aliphatic rings. The van der Waals surface area contributed by atoms with E-state index in [0.29, 0.717) is 12.2 Å². The van der Waals surface area contributed by atoms with E-state index in [0.717, 1.165) is 27.5 Å². The number of thioether (sulfide) groups is 1. The van der Waals surface area contributed by atoms with Crippen molar-refractivity contribution in [3.63, 3.8) is 0 Å². The van der Waals surface area contributed by atoms with Gasteiger partial charge in [0.05, 0.1) is 16.6 Å². The molecule has 0 unspecified atom stereocenters. The van der Waals surface area contributed by atoms with Crippen molar-refractivity contribution in [3.05, 3.63) is 48.5 Å². The first-order valence-electron chi connectivity index (χ1n) is 11.4. The third kappa shape index (κ3) is 3.27. The number of para-hydroxylation sites is 3. The van der Waals surface area contributed by atoms with Crippen LogP contribution in [0.4, 0.5) is 0 Å². The summed E-state index contributed by atoms with van der Waals surface area (Å²) in [5.41, 5.74) is 4.02. The van der Waals surface area contributed by atoms with E-state index in [2.05, 4.69) is 5.32 Å². The molecule has 0 aliphatic carbocycles. The molecule has 4 aromatic rings. The molecule has 0 bridgehead atoms. The van der Waals surface area contributed by atoms with Gasteiger partial charge in [-0.25, -0.2) is 14.8 Å². The fraction of sp³-hybridized carbons (Fsp3) is 0.320. The minimum Gasteiger partial charge on any atom is -0.480 e. The first kappa shape index (κ1) is 21.8. The molecule has 178 valence electrons. The number of aromatic nitrogens is 3. The van der Waals surface area contributed by atoms with E-state index in [1.165, 1.54) is 16.7 Å². The summed E-state index contributed by atoms with van der Waals surface area (Å²) in [6, 6.07) is 14.0. The number of carbonyl (C=O) groups is 3. The highest BCUT2D eigenvalue weighted by Crippen LogP contribution is 2.50. The van der Waals surface area contributed by atoms with Crippen LogP contribution in [0.5, 0.6) is 0 Å². The number of hydrogen-bond acceptors (Lipinski definition) is 6. The van der Waals surface area contributed by atoms with Crippen LogP contribution >= 0.6 is 11.8 Å². The Bertz CT molecular complexity index is 1550. The maximum absolute atomic E-state index is 12.9. The molecule has 3 atom stereocenters. The Morgan fingerprint density at radius 3 is 2.51 bits per heavy atom. The average molecular weight is 490 g/mol. The van der Waals surface area contributed by atoms with Crippen LogP contribution in [-0.2, 0) is 20.9 Å². The third-order valence-corrected chi connectivity index (χ3v) is 8.38. The lowest BCUT2D eigenvalue weighted by Gasteiger charge is -2.43. The third-order valence-electron chi connectivity index (χ3n) is 6.81. The number of β-lactam (4-membered cyclic amide) rings is 1. The minimum atomic E-state index is -1.02. The Kier molecular flexibility index (Phi) is 4.79. The number of aryl methyl sites for hydroxylation is 1. The highest BCUT2D eigenvalue weighted by molar-refractivity contribution is 8.01. The number of carboxylic acid groups (broad SMARTS) is 1. The molecule has 2 N–H and O–H groups in total. The SMILES string of the molecule is CC1(C)S[C@@H]2[C@H](NC(=O)CCn3c4ccccc4c4nc5ccccc5nc43)C(=O)N2[C@H]1C(=O)O. The standard InChI is InChI=1S/C25H23N5O4S/c1-25(2)20(24(33)34)30-22(32)19(23(30)35-25)28-17(31)11-12-29-16-10-6-3-7-13(16)18-21(29)27-15-9-5-4-8-14(15)26-18/h3-10,19-20,23H,11-12H2,1-2H3,(H,28,31)(H,33,34)/t19-,20+,23-/m1/s1. The van der Waals surface area contributed by atoms with Crippen LogP contribution in [0, 0.1) is 0 Å². The van der Waals surface area contributed by atoms with Crippen molar-refractivity contribution in [2.75, 3.05) is 0 Å². The van der Waals surface area contributed by atoms with Crippen LogP contribution in [0.1, 0.15) is 20.3 Å². The van der Waals surface area contributed by atoms with Crippen molar-refractivity contribution in [2.45, 2.75) is 49.0 Å². The molecule has 4 heterocycles. The molecule has 2 aromatic heterocycles. The molecule has 0 saturated carbocycles. The van der Waals surface area contributed by atoms with E-state index in [-0.39, 0.29) is 23.6 Å². The molecule has 2 aromatic carbocycles. The second-order valence-corrected chi connectivity index (χ2v) is 11.2. The monoisotopic (exact) mass is 489 g/mol. The Morgan fingerprint density at radius 2 is 1.77 bits per heavy atom. The molecule has 2 fully saturated rings. The quantitative estimate of drug-likeness (QED) is 0.414. The van der Waals surface area contributed by atoms with Gasteiger partial charge in [0.15, 0.2) is 5.65 Å². The van der Waals surface area contributed by atoms with Crippen LogP contribution in [-0.4, -0.2) is 64.5 Å². The highest BCUT2D eigenvalue weighted by atomic mass is 32.2. The van der Waals surface area contributed by atoms with Gasteiger partial charge in [0.1, 0.15) is 23.0 Å². The lowest BCUT2D eigenvalue weighted by Crippen LogP contribution is -2.70. The van der Waals surface area contributed by atoms with Crippen LogP contribution in [0.3, 0.4) is 0 Å². The summed E-state index contributed by atoms with van der Waals surface area (Å²) in [5.74, 6) is -1.63. The van der Waals surface area contributed by atoms with Crippen LogP contribution in [0.2, 0.25) is 0 Å². The Labute approximate surface area is 204 Å². The summed E-state index contributed by atoms with van der Waals surface area (Å²) in [6.07, 6.45) is 0.148. The van der Waals surface area contributed by atoms with E-state index < -0.39 is 22.8 Å². The van der Waals surface area contributed by atoms with Crippen LogP contribution in [0.25, 0.3) is 33.1 Å². The number of fused-ring (bicyclic) bond motifs is 5. The maximum atomic E-state index is 12.9. The van der Waals surface area contributed by atoms with Crippen molar-refractivity contribution < 1.29 is 19.5 Å². The molecule has 0 spiro atoms. The van der Waals surface area contributed by atoms with E-state index in [9.17, 15) is 19.5 Å². The summed E-state index contributed by atoms with van der Waals surface area (Å²) >= 11 is 1.41. The molecule has 2 amide bonds. The molecule has 0 radical (unpaired) electrons. The second kappa shape index (κ2) is 7.67. The van der Waals surface area contributed by atoms with Crippen molar-refractivity contribution in [3.8, 4) is 0 Å². The zero-order chi connectivity index (χ0) is 24.5. The number of benzene rings is 2. The fourth-order valence-corrected chi connectivity index (χ4v) is 6.84. The number of carboxylic acids is 1. The fourth-order valence-electron chi connectivity index (χ4n) is 5.21. The van der Waals surface area contributed by atoms with Gasteiger partial charge in [0.25, 0.3) is 0 Å². The predicted molar refractivity (Wildman–Crippen MR) is 133 cm³/mol. The van der Waals surface area contributed by atoms with Crippen molar-refractivity contribution in [2.24, 2.45) is 0 Å². The van der Waals surface area contributed by atoms with Gasteiger partial charge in [-0.3, -0.25) is 9.59 Å². The number of hydrogen-bond donors (Lipinski definition) is 2. The van der Waals surface area contributed by atoms with E-state index in [1.807, 2.05) is 66.9 Å². The Morgan fingerprint density at radius 1 is 1.09 bits per heavy atom. The number of carbonyl (C=O) groups excluding carboxylic acids is 2. The molecular formula is C25H23N5O4S. The van der Waals surface area contributed by atoms with Gasteiger partial charge in [-0.1, -0.05) is 30.3 Å². The summed E-state index contributed by atoms with van der Waals surface area (Å²) in [5, 5.41) is 13.0. The van der Waals surface area contributed by atoms with Crippen molar-refractivity contribution in [1.29, 1.82) is 0 Å². The average Bonchev–Trinajstić information content (AvgIpc) is 3.28. The summed E-state index contributed by atoms with van der Waals surface area (Å²) in [7, 11) is 0. The number of nitrogens with zero attached hydrogens (tertiary/aromatic N) is 4. The lowest BCUT2D eigenvalue weighted by atomic mass is 9.96. The number of amides is 2. The molecule has 6 rings (SSSR count). The van der Waals surface area contributed by atoms with Crippen LogP contribution in [0.15, 0.2) is 48.5 Å². The second-order valence-electron chi connectivity index (χ2n) is 9.45. The van der Waals surface area contributed by atoms with Gasteiger partial charge in [0.2, 0.25) is 11.8 Å². The smallest absolute Gasteiger partial charge is 0.327 e. The van der Waals surface area contributed by atoms with Gasteiger partial charge >= 0.3 is 5.97 Å². The molecule has 9 nitrogen and oxygen atoms in total. The number of aliphatic carboxylic acids is 1. The molecule has 2 saturated heterocycles. The number of rotatable bonds is 5. The largest absolute Gasteiger partial charge is 0.480 e. The van der Waals surface area contributed by atoms with Gasteiger partial charge in [-0.15, -0.1) is 11.8 Å². The van der Waals surface area contributed by atoms with Gasteiger partial charge in [-0.05, 0) is 32.0 Å². The first-order chi connectivity index (χ1) is 16.8. The molecule has 10 heteroatoms. The topological polar surface area (TPSA) is 117 Å². The Balaban J connectivity index is 1.24. The molecule has 35 heavy (non-hydrogen) atoms. The van der Waals surface area contributed by atoms with Crippen LogP contribution < -0.4 is 5.32 Å². The van der Waals surface area contributed by atoms with Crippen molar-refractivity contribution in [1.82, 2.24) is 24.8 Å². The zero-order valence-corrected chi connectivity index (χ0v) is 20.0. The summed E-state index contributed by atoms with van der Waals surface area (Å²) < 4.78 is 1.36. The summed E-state index contributed by atoms with van der Waals surface area (Å²) in [4.78, 5) is 48.3. The van der Waals surface area contributed by atoms with E-state index in [1.54, 1.807) is 0 Å². The maximum Gasteiger partial charge on any atom is 0.327 e. The van der Waals surface area contributed by atoms with Gasteiger partial charge in [0, 0.05) is 23.1 Å². The minimum absolute atomic E-state index is 0.148. The summed E-state index contributed by atoms with van der Waals surface area (Å²) in [6.45, 7) is 4.00. The predicted octanol–water partition coefficient (Wildman–Crippen LogP) is 2.76. The normalized spacial score (nSPS) is 23.0.